The van der Waals surface area contributed by atoms with Crippen molar-refractivity contribution >= 4 is 40.9 Å². The third-order valence-corrected chi connectivity index (χ3v) is 4.42. The summed E-state index contributed by atoms with van der Waals surface area (Å²) >= 11 is 18.3. The van der Waals surface area contributed by atoms with Gasteiger partial charge in [0.15, 0.2) is 0 Å². The van der Waals surface area contributed by atoms with Crippen LogP contribution in [0.5, 0.6) is 0 Å². The zero-order chi connectivity index (χ0) is 18.5. The van der Waals surface area contributed by atoms with E-state index in [9.17, 15) is 4.79 Å². The summed E-state index contributed by atoms with van der Waals surface area (Å²) in [6, 6.07) is 3.40. The highest BCUT2D eigenvalue weighted by Crippen LogP contribution is 2.31. The first-order valence-electron chi connectivity index (χ1n) is 7.78. The number of carbonyl (C=O) groups excluding carboxylic acids is 1. The molecule has 1 aromatic carbocycles. The highest BCUT2D eigenvalue weighted by molar-refractivity contribution is 6.44. The third-order valence-electron chi connectivity index (χ3n) is 3.22. The van der Waals surface area contributed by atoms with Crippen molar-refractivity contribution in [3.63, 3.8) is 0 Å². The maximum absolute atomic E-state index is 11.9. The van der Waals surface area contributed by atoms with E-state index in [1.165, 1.54) is 0 Å². The van der Waals surface area contributed by atoms with Gasteiger partial charge in [0.2, 0.25) is 0 Å². The van der Waals surface area contributed by atoms with Crippen LogP contribution in [0, 0.1) is 5.92 Å². The van der Waals surface area contributed by atoms with Crippen LogP contribution in [0.4, 0.5) is 4.79 Å². The van der Waals surface area contributed by atoms with E-state index in [0.717, 1.165) is 5.56 Å². The van der Waals surface area contributed by atoms with E-state index in [1.54, 1.807) is 24.1 Å². The van der Waals surface area contributed by atoms with Crippen LogP contribution in [0.3, 0.4) is 0 Å². The van der Waals surface area contributed by atoms with Crippen LogP contribution >= 0.6 is 34.8 Å². The molecule has 1 N–H and O–H groups in total. The van der Waals surface area contributed by atoms with Gasteiger partial charge in [0.05, 0.1) is 10.0 Å². The van der Waals surface area contributed by atoms with E-state index < -0.39 is 5.60 Å². The molecule has 0 aromatic heterocycles. The first-order chi connectivity index (χ1) is 11.0. The molecule has 1 unspecified atom stereocenters. The predicted molar refractivity (Wildman–Crippen MR) is 101 cm³/mol. The van der Waals surface area contributed by atoms with Gasteiger partial charge in [0.25, 0.3) is 0 Å². The van der Waals surface area contributed by atoms with E-state index in [1.807, 2.05) is 20.8 Å². The predicted octanol–water partition coefficient (Wildman–Crippen LogP) is 5.24. The highest BCUT2D eigenvalue weighted by atomic mass is 35.5. The lowest BCUT2D eigenvalue weighted by Crippen LogP contribution is -2.38. The van der Waals surface area contributed by atoms with Gasteiger partial charge in [-0.2, -0.15) is 0 Å². The summed E-state index contributed by atoms with van der Waals surface area (Å²) < 4.78 is 5.34. The van der Waals surface area contributed by atoms with Gasteiger partial charge in [-0.3, -0.25) is 0 Å². The molecule has 1 aromatic rings. The van der Waals surface area contributed by atoms with Gasteiger partial charge in [-0.05, 0) is 45.4 Å². The monoisotopic (exact) mass is 394 g/mol. The first-order valence-corrected chi connectivity index (χ1v) is 8.92. The molecule has 0 aliphatic heterocycles. The molecule has 0 fully saturated rings. The summed E-state index contributed by atoms with van der Waals surface area (Å²) in [5, 5.41) is 4.83. The van der Waals surface area contributed by atoms with Crippen molar-refractivity contribution in [1.29, 1.82) is 0 Å². The second-order valence-electron chi connectivity index (χ2n) is 6.92. The van der Waals surface area contributed by atoms with Crippen molar-refractivity contribution in [1.82, 2.24) is 10.2 Å². The van der Waals surface area contributed by atoms with Crippen molar-refractivity contribution in [2.45, 2.75) is 39.8 Å². The zero-order valence-electron chi connectivity index (χ0n) is 14.8. The molecule has 0 spiro atoms. The highest BCUT2D eigenvalue weighted by Gasteiger charge is 2.20. The second kappa shape index (κ2) is 9.14. The minimum absolute atomic E-state index is 0.235. The van der Waals surface area contributed by atoms with Crippen molar-refractivity contribution in [3.05, 3.63) is 32.8 Å². The molecular formula is C17H25Cl3N2O2. The fourth-order valence-electron chi connectivity index (χ4n) is 2.12. The Morgan fingerprint density at radius 2 is 1.83 bits per heavy atom. The van der Waals surface area contributed by atoms with Crippen LogP contribution in [-0.2, 0) is 11.3 Å². The van der Waals surface area contributed by atoms with Crippen LogP contribution in [0.25, 0.3) is 0 Å². The van der Waals surface area contributed by atoms with Gasteiger partial charge < -0.3 is 15.0 Å². The number of carbonyl (C=O) groups is 1. The largest absolute Gasteiger partial charge is 0.444 e. The summed E-state index contributed by atoms with van der Waals surface area (Å²) in [4.78, 5) is 13.5. The number of hydrogen-bond donors (Lipinski definition) is 1. The summed E-state index contributed by atoms with van der Waals surface area (Å²) in [5.74, 6) is 0.235. The summed E-state index contributed by atoms with van der Waals surface area (Å²) in [6.07, 6.45) is -0.324. The van der Waals surface area contributed by atoms with Gasteiger partial charge >= 0.3 is 6.09 Å². The Bertz CT molecular complexity index is 574. The third kappa shape index (κ3) is 7.06. The topological polar surface area (TPSA) is 41.6 Å². The zero-order valence-corrected chi connectivity index (χ0v) is 17.0. The molecule has 0 aliphatic rings. The van der Waals surface area contributed by atoms with Crippen LogP contribution in [0.2, 0.25) is 15.1 Å². The average molecular weight is 396 g/mol. The molecule has 0 saturated carbocycles. The van der Waals surface area contributed by atoms with Gasteiger partial charge in [0.1, 0.15) is 5.60 Å². The molecule has 1 atom stereocenters. The first kappa shape index (κ1) is 21.4. The standard InChI is InChI=1S/C17H25Cl3N2O2/c1-11(10-22(5)16(23)24-17(2,3)4)8-21-9-12-13(18)6-7-14(19)15(12)20/h6-7,11,21H,8-10H2,1-5H3. The van der Waals surface area contributed by atoms with Gasteiger partial charge in [0, 0.05) is 30.7 Å². The number of rotatable bonds is 6. The van der Waals surface area contributed by atoms with Crippen LogP contribution in [0.15, 0.2) is 12.1 Å². The maximum Gasteiger partial charge on any atom is 0.410 e. The SMILES string of the molecule is CC(CNCc1c(Cl)ccc(Cl)c1Cl)CN(C)C(=O)OC(C)(C)C. The van der Waals surface area contributed by atoms with Crippen molar-refractivity contribution in [2.75, 3.05) is 20.1 Å². The van der Waals surface area contributed by atoms with Crippen LogP contribution < -0.4 is 5.32 Å². The Morgan fingerprint density at radius 3 is 2.42 bits per heavy atom. The number of amides is 1. The summed E-state index contributed by atoms with van der Waals surface area (Å²) in [5.41, 5.74) is 0.283. The Hall–Kier alpha value is -0.680. The molecule has 1 rings (SSSR count). The number of hydrogen-bond acceptors (Lipinski definition) is 3. The van der Waals surface area contributed by atoms with E-state index in [2.05, 4.69) is 12.2 Å². The van der Waals surface area contributed by atoms with Crippen molar-refractivity contribution < 1.29 is 9.53 Å². The number of nitrogens with one attached hydrogen (secondary N) is 1. The van der Waals surface area contributed by atoms with Gasteiger partial charge in [-0.1, -0.05) is 41.7 Å². The smallest absolute Gasteiger partial charge is 0.410 e. The fraction of sp³-hybridized carbons (Fsp3) is 0.588. The molecule has 136 valence electrons. The average Bonchev–Trinajstić information content (AvgIpc) is 2.45. The lowest BCUT2D eigenvalue weighted by atomic mass is 10.1. The quantitative estimate of drug-likeness (QED) is 0.670. The number of nitrogens with zero attached hydrogens (tertiary/aromatic N) is 1. The van der Waals surface area contributed by atoms with E-state index in [0.29, 0.717) is 34.7 Å². The minimum Gasteiger partial charge on any atom is -0.444 e. The fourth-order valence-corrected chi connectivity index (χ4v) is 2.80. The molecule has 7 heteroatoms. The molecule has 0 bridgehead atoms. The summed E-state index contributed by atoms with van der Waals surface area (Å²) in [6.45, 7) is 9.39. The number of ether oxygens (including phenoxy) is 1. The molecule has 0 aliphatic carbocycles. The van der Waals surface area contributed by atoms with Crippen molar-refractivity contribution in [2.24, 2.45) is 5.92 Å². The Kier molecular flexibility index (Phi) is 8.13. The van der Waals surface area contributed by atoms with Gasteiger partial charge in [-0.25, -0.2) is 4.79 Å². The van der Waals surface area contributed by atoms with E-state index in [-0.39, 0.29) is 12.0 Å². The molecular weight excluding hydrogens is 371 g/mol. The lowest BCUT2D eigenvalue weighted by molar-refractivity contribution is 0.0277. The Labute approximate surface area is 159 Å². The Balaban J connectivity index is 2.46. The van der Waals surface area contributed by atoms with E-state index in [4.69, 9.17) is 39.5 Å². The molecule has 0 heterocycles. The molecule has 4 nitrogen and oxygen atoms in total. The molecule has 0 saturated heterocycles. The summed E-state index contributed by atoms with van der Waals surface area (Å²) in [7, 11) is 1.73. The number of halogens is 3. The van der Waals surface area contributed by atoms with Gasteiger partial charge in [-0.15, -0.1) is 0 Å². The van der Waals surface area contributed by atoms with Crippen LogP contribution in [-0.4, -0.2) is 36.7 Å². The number of benzene rings is 1. The second-order valence-corrected chi connectivity index (χ2v) is 8.11. The van der Waals surface area contributed by atoms with E-state index >= 15 is 0 Å². The minimum atomic E-state index is -0.493. The lowest BCUT2D eigenvalue weighted by Gasteiger charge is -2.26. The molecule has 24 heavy (non-hydrogen) atoms. The molecule has 0 radical (unpaired) electrons. The Morgan fingerprint density at radius 1 is 1.25 bits per heavy atom. The van der Waals surface area contributed by atoms with Crippen LogP contribution in [0.1, 0.15) is 33.3 Å². The molecule has 1 amide bonds. The van der Waals surface area contributed by atoms with Crippen molar-refractivity contribution in [3.8, 4) is 0 Å². The normalized spacial score (nSPS) is 12.8. The maximum atomic E-state index is 11.9.